The molecule has 0 spiro atoms. The molecule has 5 nitrogen and oxygen atoms in total. The summed E-state index contributed by atoms with van der Waals surface area (Å²) in [5.41, 5.74) is 8.06. The average Bonchev–Trinajstić information content (AvgIpc) is 3.11. The number of aryl methyl sites for hydroxylation is 1. The molecule has 4 rings (SSSR count). The standard InChI is InChI=1S/C25H28ClN3O2/c1-6-29-21-9-15(2)18(11-20(21)16(3)13-25(29,4)5)14-27-28-24(30)23-12-17-10-19(26)7-8-22(17)31-23/h7-12,14,16H,6,13H2,1-5H3,(H,28,30)/b27-14-. The van der Waals surface area contributed by atoms with Crippen molar-refractivity contribution in [2.75, 3.05) is 11.4 Å². The molecular weight excluding hydrogens is 410 g/mol. The van der Waals surface area contributed by atoms with Crippen molar-refractivity contribution in [3.8, 4) is 0 Å². The van der Waals surface area contributed by atoms with Crippen LogP contribution in [0.4, 0.5) is 5.69 Å². The summed E-state index contributed by atoms with van der Waals surface area (Å²) in [6, 6.07) is 11.3. The Morgan fingerprint density at radius 1 is 1.32 bits per heavy atom. The quantitative estimate of drug-likeness (QED) is 0.386. The van der Waals surface area contributed by atoms with Gasteiger partial charge in [-0.1, -0.05) is 18.5 Å². The highest BCUT2D eigenvalue weighted by Gasteiger charge is 2.35. The zero-order chi connectivity index (χ0) is 22.3. The van der Waals surface area contributed by atoms with Crippen LogP contribution < -0.4 is 10.3 Å². The SMILES string of the molecule is CCN1c2cc(C)c(/C=N\NC(=O)c3cc4cc(Cl)ccc4o3)cc2C(C)CC1(C)C. The molecule has 0 radical (unpaired) electrons. The molecule has 0 aliphatic carbocycles. The van der Waals surface area contributed by atoms with E-state index in [0.29, 0.717) is 16.5 Å². The smallest absolute Gasteiger partial charge is 0.307 e. The van der Waals surface area contributed by atoms with E-state index in [1.54, 1.807) is 30.5 Å². The summed E-state index contributed by atoms with van der Waals surface area (Å²) in [6.45, 7) is 12.1. The van der Waals surface area contributed by atoms with Crippen molar-refractivity contribution in [1.29, 1.82) is 0 Å². The van der Waals surface area contributed by atoms with Gasteiger partial charge in [-0.05, 0) is 93.1 Å². The number of carbonyl (C=O) groups excluding carboxylic acids is 1. The first kappa shape index (κ1) is 21.4. The first-order valence-corrected chi connectivity index (χ1v) is 11.0. The normalized spacial score (nSPS) is 17.9. The summed E-state index contributed by atoms with van der Waals surface area (Å²) >= 11 is 6.00. The van der Waals surface area contributed by atoms with Crippen LogP contribution in [-0.2, 0) is 0 Å². The molecule has 0 saturated carbocycles. The van der Waals surface area contributed by atoms with Crippen LogP contribution in [0, 0.1) is 6.92 Å². The zero-order valence-electron chi connectivity index (χ0n) is 18.6. The molecule has 1 aromatic heterocycles. The van der Waals surface area contributed by atoms with Gasteiger partial charge in [0.15, 0.2) is 5.76 Å². The second-order valence-corrected chi connectivity index (χ2v) is 9.36. The molecule has 6 heteroatoms. The molecule has 0 saturated heterocycles. The van der Waals surface area contributed by atoms with E-state index in [9.17, 15) is 4.79 Å². The summed E-state index contributed by atoms with van der Waals surface area (Å²) in [5.74, 6) is 0.259. The topological polar surface area (TPSA) is 57.8 Å². The fourth-order valence-electron chi connectivity index (χ4n) is 4.73. The van der Waals surface area contributed by atoms with Gasteiger partial charge in [-0.25, -0.2) is 5.43 Å². The zero-order valence-corrected chi connectivity index (χ0v) is 19.4. The fraction of sp³-hybridized carbons (Fsp3) is 0.360. The number of fused-ring (bicyclic) bond motifs is 2. The molecule has 2 aromatic carbocycles. The Labute approximate surface area is 188 Å². The van der Waals surface area contributed by atoms with E-state index in [0.717, 1.165) is 29.5 Å². The largest absolute Gasteiger partial charge is 0.451 e. The number of nitrogens with one attached hydrogen (secondary N) is 1. The summed E-state index contributed by atoms with van der Waals surface area (Å²) in [6.07, 6.45) is 2.80. The Morgan fingerprint density at radius 3 is 2.84 bits per heavy atom. The van der Waals surface area contributed by atoms with Gasteiger partial charge in [-0.15, -0.1) is 0 Å². The van der Waals surface area contributed by atoms with Crippen LogP contribution >= 0.6 is 11.6 Å². The monoisotopic (exact) mass is 437 g/mol. The third-order valence-electron chi connectivity index (χ3n) is 6.16. The van der Waals surface area contributed by atoms with Gasteiger partial charge >= 0.3 is 5.91 Å². The van der Waals surface area contributed by atoms with Gasteiger partial charge in [-0.2, -0.15) is 5.10 Å². The molecule has 1 atom stereocenters. The number of carbonyl (C=O) groups is 1. The number of nitrogens with zero attached hydrogens (tertiary/aromatic N) is 2. The van der Waals surface area contributed by atoms with Crippen molar-refractivity contribution in [3.05, 3.63) is 63.9 Å². The minimum absolute atomic E-state index is 0.133. The van der Waals surface area contributed by atoms with Crippen LogP contribution in [0.25, 0.3) is 11.0 Å². The number of hydrogen-bond acceptors (Lipinski definition) is 4. The second-order valence-electron chi connectivity index (χ2n) is 8.92. The van der Waals surface area contributed by atoms with E-state index in [4.69, 9.17) is 16.0 Å². The maximum atomic E-state index is 12.5. The molecule has 1 unspecified atom stereocenters. The predicted octanol–water partition coefficient (Wildman–Crippen LogP) is 6.27. The Morgan fingerprint density at radius 2 is 2.10 bits per heavy atom. The molecule has 3 aromatic rings. The van der Waals surface area contributed by atoms with Gasteiger partial charge < -0.3 is 9.32 Å². The Kier molecular flexibility index (Phi) is 5.56. The molecule has 31 heavy (non-hydrogen) atoms. The summed E-state index contributed by atoms with van der Waals surface area (Å²) < 4.78 is 5.59. The number of hydrazone groups is 1. The fourth-order valence-corrected chi connectivity index (χ4v) is 4.91. The highest BCUT2D eigenvalue weighted by Crippen LogP contribution is 2.44. The molecular formula is C25H28ClN3O2. The minimum Gasteiger partial charge on any atom is -0.451 e. The molecule has 162 valence electrons. The van der Waals surface area contributed by atoms with E-state index in [-0.39, 0.29) is 11.3 Å². The van der Waals surface area contributed by atoms with Crippen molar-refractivity contribution in [3.63, 3.8) is 0 Å². The molecule has 0 fully saturated rings. The van der Waals surface area contributed by atoms with Gasteiger partial charge in [0, 0.05) is 28.2 Å². The molecule has 1 amide bonds. The lowest BCUT2D eigenvalue weighted by Gasteiger charge is -2.47. The second kappa shape index (κ2) is 8.04. The Hall–Kier alpha value is -2.79. The van der Waals surface area contributed by atoms with Crippen molar-refractivity contribution in [2.45, 2.75) is 52.5 Å². The van der Waals surface area contributed by atoms with Gasteiger partial charge in [0.1, 0.15) is 5.58 Å². The molecule has 0 bridgehead atoms. The van der Waals surface area contributed by atoms with Gasteiger partial charge in [0.2, 0.25) is 0 Å². The van der Waals surface area contributed by atoms with E-state index in [1.165, 1.54) is 11.3 Å². The number of anilines is 1. The van der Waals surface area contributed by atoms with Crippen LogP contribution in [0.15, 0.2) is 45.9 Å². The molecule has 1 N–H and O–H groups in total. The number of amides is 1. The lowest BCUT2D eigenvalue weighted by atomic mass is 9.79. The Balaban J connectivity index is 1.55. The maximum absolute atomic E-state index is 12.5. The highest BCUT2D eigenvalue weighted by molar-refractivity contribution is 6.31. The van der Waals surface area contributed by atoms with Gasteiger partial charge in [0.05, 0.1) is 6.21 Å². The Bertz CT molecular complexity index is 1180. The molecule has 1 aliphatic heterocycles. The van der Waals surface area contributed by atoms with Crippen molar-refractivity contribution < 1.29 is 9.21 Å². The van der Waals surface area contributed by atoms with Crippen LogP contribution in [0.1, 0.15) is 67.3 Å². The third kappa shape index (κ3) is 4.07. The third-order valence-corrected chi connectivity index (χ3v) is 6.40. The van der Waals surface area contributed by atoms with Crippen LogP contribution in [0.2, 0.25) is 5.02 Å². The van der Waals surface area contributed by atoms with E-state index in [2.05, 4.69) is 62.2 Å². The van der Waals surface area contributed by atoms with E-state index >= 15 is 0 Å². The number of halogens is 1. The average molecular weight is 438 g/mol. The van der Waals surface area contributed by atoms with Crippen molar-refractivity contribution >= 4 is 40.4 Å². The summed E-state index contributed by atoms with van der Waals surface area (Å²) in [4.78, 5) is 14.9. The van der Waals surface area contributed by atoms with Crippen molar-refractivity contribution in [1.82, 2.24) is 5.43 Å². The lowest BCUT2D eigenvalue weighted by molar-refractivity contribution is 0.0929. The van der Waals surface area contributed by atoms with E-state index < -0.39 is 5.91 Å². The van der Waals surface area contributed by atoms with Crippen molar-refractivity contribution in [2.24, 2.45) is 5.10 Å². The number of benzene rings is 2. The highest BCUT2D eigenvalue weighted by atomic mass is 35.5. The lowest BCUT2D eigenvalue weighted by Crippen LogP contribution is -2.48. The minimum atomic E-state index is -0.397. The van der Waals surface area contributed by atoms with Crippen LogP contribution in [0.5, 0.6) is 0 Å². The number of hydrogen-bond donors (Lipinski definition) is 1. The summed E-state index contributed by atoms with van der Waals surface area (Å²) in [7, 11) is 0. The molecule has 2 heterocycles. The van der Waals surface area contributed by atoms with Crippen LogP contribution in [-0.4, -0.2) is 24.2 Å². The number of rotatable bonds is 4. The van der Waals surface area contributed by atoms with E-state index in [1.807, 2.05) is 0 Å². The molecule has 1 aliphatic rings. The first-order chi connectivity index (χ1) is 14.7. The van der Waals surface area contributed by atoms with Crippen LogP contribution in [0.3, 0.4) is 0 Å². The van der Waals surface area contributed by atoms with Gasteiger partial charge in [0.25, 0.3) is 0 Å². The maximum Gasteiger partial charge on any atom is 0.307 e. The number of furan rings is 1. The predicted molar refractivity (Wildman–Crippen MR) is 128 cm³/mol. The first-order valence-electron chi connectivity index (χ1n) is 10.6. The van der Waals surface area contributed by atoms with Gasteiger partial charge in [-0.3, -0.25) is 4.79 Å². The summed E-state index contributed by atoms with van der Waals surface area (Å²) in [5, 5.41) is 5.56.